The third-order valence-electron chi connectivity index (χ3n) is 3.13. The number of hydrogen-bond acceptors (Lipinski definition) is 5. The van der Waals surface area contributed by atoms with Crippen molar-refractivity contribution in [1.29, 1.82) is 0 Å². The van der Waals surface area contributed by atoms with Crippen LogP contribution in [0.1, 0.15) is 16.9 Å². The molecule has 0 radical (unpaired) electrons. The van der Waals surface area contributed by atoms with Crippen LogP contribution in [0.15, 0.2) is 24.4 Å². The molecule has 0 unspecified atom stereocenters. The number of nitrogens with zero attached hydrogens (tertiary/aromatic N) is 1. The summed E-state index contributed by atoms with van der Waals surface area (Å²) >= 11 is 2.87. The van der Waals surface area contributed by atoms with Gasteiger partial charge in [0, 0.05) is 23.6 Å². The molecule has 2 rings (SSSR count). The van der Waals surface area contributed by atoms with E-state index in [1.54, 1.807) is 18.0 Å². The van der Waals surface area contributed by atoms with Crippen LogP contribution in [-0.2, 0) is 11.2 Å². The number of rotatable bonds is 7. The van der Waals surface area contributed by atoms with Crippen molar-refractivity contribution < 1.29 is 13.6 Å². The summed E-state index contributed by atoms with van der Waals surface area (Å²) in [6.45, 7) is 0. The normalized spacial score (nSPS) is 11.7. The molecule has 132 valence electrons. The molecule has 24 heavy (non-hydrogen) atoms. The van der Waals surface area contributed by atoms with E-state index in [4.69, 9.17) is 5.73 Å². The van der Waals surface area contributed by atoms with Crippen LogP contribution in [-0.4, -0.2) is 28.9 Å². The number of amides is 1. The zero-order valence-corrected chi connectivity index (χ0v) is 15.4. The summed E-state index contributed by atoms with van der Waals surface area (Å²) in [5, 5.41) is 3.08. The number of thiazole rings is 1. The summed E-state index contributed by atoms with van der Waals surface area (Å²) in [7, 11) is 0. The Labute approximate surface area is 153 Å². The van der Waals surface area contributed by atoms with E-state index in [1.165, 1.54) is 23.5 Å². The van der Waals surface area contributed by atoms with Gasteiger partial charge in [-0.1, -0.05) is 6.07 Å². The lowest BCUT2D eigenvalue weighted by atomic mass is 10.1. The summed E-state index contributed by atoms with van der Waals surface area (Å²) in [5.41, 5.74) is 6.16. The van der Waals surface area contributed by atoms with Gasteiger partial charge in [0.25, 0.3) is 0 Å². The van der Waals surface area contributed by atoms with E-state index in [9.17, 15) is 13.6 Å². The van der Waals surface area contributed by atoms with Crippen LogP contribution in [0.5, 0.6) is 0 Å². The van der Waals surface area contributed by atoms with Gasteiger partial charge in [0.2, 0.25) is 5.91 Å². The van der Waals surface area contributed by atoms with Gasteiger partial charge in [-0.3, -0.25) is 4.79 Å². The van der Waals surface area contributed by atoms with Crippen LogP contribution in [0.4, 0.5) is 13.9 Å². The van der Waals surface area contributed by atoms with Crippen molar-refractivity contribution in [1.82, 2.24) is 4.98 Å². The molecule has 3 N–H and O–H groups in total. The van der Waals surface area contributed by atoms with Gasteiger partial charge in [0.15, 0.2) is 5.13 Å². The van der Waals surface area contributed by atoms with Crippen LogP contribution >= 0.6 is 35.5 Å². The van der Waals surface area contributed by atoms with Gasteiger partial charge in [-0.15, -0.1) is 23.7 Å². The van der Waals surface area contributed by atoms with Crippen molar-refractivity contribution >= 4 is 46.5 Å². The molecule has 0 fully saturated rings. The Hall–Kier alpha value is -1.22. The molecule has 1 aromatic heterocycles. The predicted molar refractivity (Wildman–Crippen MR) is 98.1 cm³/mol. The van der Waals surface area contributed by atoms with E-state index in [0.717, 1.165) is 16.7 Å². The molecule has 0 saturated carbocycles. The summed E-state index contributed by atoms with van der Waals surface area (Å²) in [6.07, 6.45) is 4.40. The third-order valence-corrected chi connectivity index (χ3v) is 4.69. The molecule has 0 aliphatic carbocycles. The lowest BCUT2D eigenvalue weighted by Crippen LogP contribution is -2.36. The number of aromatic nitrogens is 1. The summed E-state index contributed by atoms with van der Waals surface area (Å²) < 4.78 is 26.5. The standard InChI is InChI=1S/C15H17F2N3OS2.ClH/c1-22-5-4-13(18)14(21)20-15-19-8-11(23-15)6-9-2-3-10(16)7-12(9)17;/h2-3,7-8,13H,4-6,18H2,1H3,(H,19,20,21);1H/t13-;/m0./s1. The molecule has 1 aromatic carbocycles. The third kappa shape index (κ3) is 6.01. The molecule has 1 atom stereocenters. The number of hydrogen-bond donors (Lipinski definition) is 2. The molecular weight excluding hydrogens is 376 g/mol. The fourth-order valence-corrected chi connectivity index (χ4v) is 3.20. The number of thioether (sulfide) groups is 1. The summed E-state index contributed by atoms with van der Waals surface area (Å²) in [6, 6.07) is 2.89. The van der Waals surface area contributed by atoms with Crippen molar-refractivity contribution in [2.75, 3.05) is 17.3 Å². The van der Waals surface area contributed by atoms with Crippen LogP contribution in [0.2, 0.25) is 0 Å². The molecule has 4 nitrogen and oxygen atoms in total. The second-order valence-electron chi connectivity index (χ2n) is 4.92. The molecule has 0 spiro atoms. The highest BCUT2D eigenvalue weighted by Gasteiger charge is 2.15. The van der Waals surface area contributed by atoms with E-state index >= 15 is 0 Å². The van der Waals surface area contributed by atoms with E-state index in [-0.39, 0.29) is 24.7 Å². The maximum absolute atomic E-state index is 13.6. The zero-order valence-electron chi connectivity index (χ0n) is 12.9. The molecule has 9 heteroatoms. The number of carbonyl (C=O) groups excluding carboxylic acids is 1. The first kappa shape index (κ1) is 20.8. The molecule has 0 aliphatic rings. The van der Waals surface area contributed by atoms with Gasteiger partial charge in [0.05, 0.1) is 6.04 Å². The maximum Gasteiger partial charge on any atom is 0.243 e. The van der Waals surface area contributed by atoms with Crippen molar-refractivity contribution in [2.24, 2.45) is 5.73 Å². The highest BCUT2D eigenvalue weighted by molar-refractivity contribution is 7.98. The lowest BCUT2D eigenvalue weighted by Gasteiger charge is -2.09. The maximum atomic E-state index is 13.6. The molecule has 1 amide bonds. The Morgan fingerprint density at radius 2 is 2.21 bits per heavy atom. The van der Waals surface area contributed by atoms with E-state index in [2.05, 4.69) is 10.3 Å². The quantitative estimate of drug-likeness (QED) is 0.756. The predicted octanol–water partition coefficient (Wildman–Crippen LogP) is 3.45. The highest BCUT2D eigenvalue weighted by atomic mass is 35.5. The zero-order chi connectivity index (χ0) is 16.8. The summed E-state index contributed by atoms with van der Waals surface area (Å²) in [4.78, 5) is 16.8. The first-order chi connectivity index (χ1) is 11.0. The average Bonchev–Trinajstić information content (AvgIpc) is 2.94. The van der Waals surface area contributed by atoms with Crippen molar-refractivity contribution in [3.63, 3.8) is 0 Å². The van der Waals surface area contributed by atoms with Gasteiger partial charge in [-0.2, -0.15) is 11.8 Å². The van der Waals surface area contributed by atoms with Crippen LogP contribution in [0, 0.1) is 11.6 Å². The Morgan fingerprint density at radius 3 is 2.88 bits per heavy atom. The van der Waals surface area contributed by atoms with Gasteiger partial charge < -0.3 is 11.1 Å². The minimum atomic E-state index is -0.609. The molecule has 0 aliphatic heterocycles. The molecular formula is C15H18ClF2N3OS2. The van der Waals surface area contributed by atoms with Gasteiger partial charge in [-0.25, -0.2) is 13.8 Å². The first-order valence-electron chi connectivity index (χ1n) is 6.93. The fraction of sp³-hybridized carbons (Fsp3) is 0.333. The molecule has 2 aromatic rings. The minimum absolute atomic E-state index is 0. The van der Waals surface area contributed by atoms with Gasteiger partial charge in [-0.05, 0) is 30.1 Å². The minimum Gasteiger partial charge on any atom is -0.320 e. The molecule has 0 saturated heterocycles. The fourth-order valence-electron chi connectivity index (χ4n) is 1.87. The topological polar surface area (TPSA) is 68.0 Å². The van der Waals surface area contributed by atoms with Crippen LogP contribution in [0.25, 0.3) is 0 Å². The second-order valence-corrected chi connectivity index (χ2v) is 7.02. The Balaban J connectivity index is 0.00000288. The van der Waals surface area contributed by atoms with Crippen LogP contribution < -0.4 is 11.1 Å². The summed E-state index contributed by atoms with van der Waals surface area (Å²) in [5.74, 6) is -0.680. The highest BCUT2D eigenvalue weighted by Crippen LogP contribution is 2.23. The smallest absolute Gasteiger partial charge is 0.243 e. The lowest BCUT2D eigenvalue weighted by molar-refractivity contribution is -0.117. The van der Waals surface area contributed by atoms with Crippen molar-refractivity contribution in [2.45, 2.75) is 18.9 Å². The Kier molecular flexibility index (Phi) is 8.61. The van der Waals surface area contributed by atoms with E-state index in [1.807, 2.05) is 6.26 Å². The average molecular weight is 394 g/mol. The van der Waals surface area contributed by atoms with Gasteiger partial charge >= 0.3 is 0 Å². The number of nitrogens with one attached hydrogen (secondary N) is 1. The SMILES string of the molecule is CSCC[C@H](N)C(=O)Nc1ncc(Cc2ccc(F)cc2F)s1.Cl. The number of carbonyl (C=O) groups is 1. The molecule has 1 heterocycles. The van der Waals surface area contributed by atoms with Gasteiger partial charge in [0.1, 0.15) is 11.6 Å². The largest absolute Gasteiger partial charge is 0.320 e. The molecule has 0 bridgehead atoms. The second kappa shape index (κ2) is 9.93. The number of benzene rings is 1. The number of halogens is 3. The number of anilines is 1. The van der Waals surface area contributed by atoms with Crippen LogP contribution in [0.3, 0.4) is 0 Å². The van der Waals surface area contributed by atoms with Crippen molar-refractivity contribution in [3.05, 3.63) is 46.5 Å². The van der Waals surface area contributed by atoms with E-state index < -0.39 is 17.7 Å². The Bertz CT molecular complexity index is 684. The monoisotopic (exact) mass is 393 g/mol. The van der Waals surface area contributed by atoms with Crippen molar-refractivity contribution in [3.8, 4) is 0 Å². The Morgan fingerprint density at radius 1 is 1.46 bits per heavy atom. The van der Waals surface area contributed by atoms with E-state index in [0.29, 0.717) is 17.1 Å². The first-order valence-corrected chi connectivity index (χ1v) is 9.14. The number of nitrogens with two attached hydrogens (primary N) is 1.